The minimum atomic E-state index is -0.143. The molecule has 1 aromatic rings. The third-order valence-corrected chi connectivity index (χ3v) is 8.23. The first-order valence-corrected chi connectivity index (χ1v) is 15.7. The summed E-state index contributed by atoms with van der Waals surface area (Å²) >= 11 is 1.76. The molecule has 5 nitrogen and oxygen atoms in total. The molecule has 2 amide bonds. The van der Waals surface area contributed by atoms with Gasteiger partial charge in [-0.3, -0.25) is 14.9 Å². The van der Waals surface area contributed by atoms with Gasteiger partial charge in [-0.2, -0.15) is 0 Å². The molecular formula is C30H52ClN3O2S. The van der Waals surface area contributed by atoms with Crippen molar-refractivity contribution in [2.24, 2.45) is 0 Å². The van der Waals surface area contributed by atoms with E-state index >= 15 is 0 Å². The second-order valence-electron chi connectivity index (χ2n) is 10.3. The zero-order valence-electron chi connectivity index (χ0n) is 23.3. The van der Waals surface area contributed by atoms with Gasteiger partial charge in [-0.15, -0.1) is 24.2 Å². The van der Waals surface area contributed by atoms with Crippen LogP contribution >= 0.6 is 24.2 Å². The van der Waals surface area contributed by atoms with E-state index in [1.807, 2.05) is 24.3 Å². The van der Waals surface area contributed by atoms with E-state index in [1.54, 1.807) is 11.8 Å². The summed E-state index contributed by atoms with van der Waals surface area (Å²) in [5.41, 5.74) is 1.92. The highest BCUT2D eigenvalue weighted by atomic mass is 35.5. The van der Waals surface area contributed by atoms with E-state index in [1.165, 1.54) is 103 Å². The molecule has 212 valence electrons. The molecule has 1 unspecified atom stereocenters. The summed E-state index contributed by atoms with van der Waals surface area (Å²) in [5.74, 6) is 0.820. The van der Waals surface area contributed by atoms with Gasteiger partial charge in [0.2, 0.25) is 11.8 Å². The quantitative estimate of drug-likeness (QED) is 0.142. The van der Waals surface area contributed by atoms with Crippen LogP contribution in [0.4, 0.5) is 5.69 Å². The Kier molecular flexibility index (Phi) is 19.8. The van der Waals surface area contributed by atoms with Crippen molar-refractivity contribution >= 4 is 41.7 Å². The molecule has 0 radical (unpaired) electrons. The van der Waals surface area contributed by atoms with E-state index in [-0.39, 0.29) is 35.6 Å². The molecule has 0 spiro atoms. The van der Waals surface area contributed by atoms with Crippen LogP contribution in [0.3, 0.4) is 0 Å². The van der Waals surface area contributed by atoms with Gasteiger partial charge in [0.15, 0.2) is 0 Å². The zero-order valence-corrected chi connectivity index (χ0v) is 25.0. The molecule has 1 aromatic carbocycles. The van der Waals surface area contributed by atoms with Crippen molar-refractivity contribution in [2.45, 2.75) is 128 Å². The number of benzene rings is 1. The lowest BCUT2D eigenvalue weighted by Crippen LogP contribution is -2.42. The summed E-state index contributed by atoms with van der Waals surface area (Å²) in [4.78, 5) is 23.7. The van der Waals surface area contributed by atoms with Crippen LogP contribution in [0.25, 0.3) is 0 Å². The number of thioether (sulfide) groups is 1. The van der Waals surface area contributed by atoms with E-state index < -0.39 is 0 Å². The normalized spacial score (nSPS) is 16.8. The summed E-state index contributed by atoms with van der Waals surface area (Å²) in [5, 5.41) is 9.45. The summed E-state index contributed by atoms with van der Waals surface area (Å²) in [7, 11) is 0. The van der Waals surface area contributed by atoms with Crippen LogP contribution in [0.15, 0.2) is 24.3 Å². The average Bonchev–Trinajstić information content (AvgIpc) is 3.36. The standard InChI is InChI=1S/C30H51N3O2S.ClH/c1-3-4-5-6-7-8-9-10-11-12-13-14-15-16-17-18-23-31-29(35)28-24-36-30(33-28)26-19-21-27(22-20-26)32-25(2)34;/h19-22,28,30,33H,3-18,23-24H2,1-2H3,(H,31,35)(H,32,34);1H/t28-,30?;/m0./s1. The molecule has 3 N–H and O–H groups in total. The highest BCUT2D eigenvalue weighted by molar-refractivity contribution is 7.99. The minimum absolute atomic E-state index is 0. The number of carbonyl (C=O) groups is 2. The van der Waals surface area contributed by atoms with Crippen molar-refractivity contribution in [3.8, 4) is 0 Å². The van der Waals surface area contributed by atoms with Gasteiger partial charge >= 0.3 is 0 Å². The van der Waals surface area contributed by atoms with Crippen molar-refractivity contribution in [1.29, 1.82) is 0 Å². The van der Waals surface area contributed by atoms with Gasteiger partial charge in [0.25, 0.3) is 0 Å². The first-order valence-electron chi connectivity index (χ1n) is 14.6. The third kappa shape index (κ3) is 15.7. The van der Waals surface area contributed by atoms with Gasteiger partial charge in [0, 0.05) is 24.9 Å². The zero-order chi connectivity index (χ0) is 25.8. The summed E-state index contributed by atoms with van der Waals surface area (Å²) in [6, 6.07) is 7.68. The van der Waals surface area contributed by atoms with Gasteiger partial charge in [-0.25, -0.2) is 0 Å². The number of nitrogens with one attached hydrogen (secondary N) is 3. The van der Waals surface area contributed by atoms with Crippen molar-refractivity contribution in [2.75, 3.05) is 17.6 Å². The fourth-order valence-electron chi connectivity index (χ4n) is 4.77. The first kappa shape index (κ1) is 33.8. The fourth-order valence-corrected chi connectivity index (χ4v) is 6.01. The third-order valence-electron chi connectivity index (χ3n) is 6.96. The van der Waals surface area contributed by atoms with Crippen LogP contribution in [0, 0.1) is 0 Å². The van der Waals surface area contributed by atoms with Crippen LogP contribution < -0.4 is 16.0 Å². The van der Waals surface area contributed by atoms with Gasteiger partial charge in [0.05, 0.1) is 11.4 Å². The Labute approximate surface area is 236 Å². The second-order valence-corrected chi connectivity index (χ2v) is 11.5. The van der Waals surface area contributed by atoms with Crippen LogP contribution in [-0.4, -0.2) is 30.2 Å². The highest BCUT2D eigenvalue weighted by Crippen LogP contribution is 2.33. The Morgan fingerprint density at radius 2 is 1.30 bits per heavy atom. The van der Waals surface area contributed by atoms with E-state index in [0.717, 1.165) is 30.0 Å². The predicted molar refractivity (Wildman–Crippen MR) is 163 cm³/mol. The topological polar surface area (TPSA) is 70.2 Å². The summed E-state index contributed by atoms with van der Waals surface area (Å²) in [6.07, 6.45) is 21.8. The van der Waals surface area contributed by atoms with E-state index in [4.69, 9.17) is 0 Å². The van der Waals surface area contributed by atoms with Gasteiger partial charge < -0.3 is 10.6 Å². The molecule has 0 bridgehead atoms. The Morgan fingerprint density at radius 3 is 1.78 bits per heavy atom. The van der Waals surface area contributed by atoms with Crippen molar-refractivity contribution in [3.05, 3.63) is 29.8 Å². The maximum Gasteiger partial charge on any atom is 0.238 e. The SMILES string of the molecule is CCCCCCCCCCCCCCCCCCNC(=O)[C@@H]1CSC(c2ccc(NC(C)=O)cc2)N1.Cl. The Hall–Kier alpha value is -1.24. The smallest absolute Gasteiger partial charge is 0.238 e. The molecule has 0 aromatic heterocycles. The number of amides is 2. The average molecular weight is 554 g/mol. The van der Waals surface area contributed by atoms with Crippen LogP contribution in [0.5, 0.6) is 0 Å². The summed E-state index contributed by atoms with van der Waals surface area (Å²) in [6.45, 7) is 4.56. The first-order chi connectivity index (χ1) is 17.6. The molecule has 2 atom stereocenters. The number of carbonyl (C=O) groups excluding carboxylic acids is 2. The Balaban J connectivity index is 0.00000684. The minimum Gasteiger partial charge on any atom is -0.355 e. The van der Waals surface area contributed by atoms with Crippen molar-refractivity contribution in [1.82, 2.24) is 10.6 Å². The molecule has 1 aliphatic rings. The molecule has 0 saturated carbocycles. The highest BCUT2D eigenvalue weighted by Gasteiger charge is 2.30. The Morgan fingerprint density at radius 1 is 0.811 bits per heavy atom. The monoisotopic (exact) mass is 553 g/mol. The number of halogens is 1. The van der Waals surface area contributed by atoms with Gasteiger partial charge in [0.1, 0.15) is 0 Å². The number of hydrogen-bond acceptors (Lipinski definition) is 4. The van der Waals surface area contributed by atoms with Crippen LogP contribution in [-0.2, 0) is 9.59 Å². The lowest BCUT2D eigenvalue weighted by molar-refractivity contribution is -0.122. The van der Waals surface area contributed by atoms with Crippen LogP contribution in [0.1, 0.15) is 128 Å². The molecule has 2 rings (SSSR count). The van der Waals surface area contributed by atoms with E-state index in [2.05, 4.69) is 22.9 Å². The second kappa shape index (κ2) is 21.7. The van der Waals surface area contributed by atoms with Crippen molar-refractivity contribution < 1.29 is 9.59 Å². The molecule has 37 heavy (non-hydrogen) atoms. The maximum atomic E-state index is 12.5. The molecule has 1 heterocycles. The number of anilines is 1. The molecule has 1 saturated heterocycles. The fraction of sp³-hybridized carbons (Fsp3) is 0.733. The maximum absolute atomic E-state index is 12.5. The number of rotatable bonds is 20. The largest absolute Gasteiger partial charge is 0.355 e. The number of hydrogen-bond donors (Lipinski definition) is 3. The van der Waals surface area contributed by atoms with E-state index in [0.29, 0.717) is 0 Å². The van der Waals surface area contributed by atoms with Gasteiger partial charge in [-0.1, -0.05) is 115 Å². The lowest BCUT2D eigenvalue weighted by Gasteiger charge is -2.14. The summed E-state index contributed by atoms with van der Waals surface area (Å²) < 4.78 is 0. The molecule has 0 aliphatic carbocycles. The van der Waals surface area contributed by atoms with Crippen molar-refractivity contribution in [3.63, 3.8) is 0 Å². The van der Waals surface area contributed by atoms with E-state index in [9.17, 15) is 9.59 Å². The Bertz CT molecular complexity index is 732. The molecule has 7 heteroatoms. The predicted octanol–water partition coefficient (Wildman–Crippen LogP) is 8.15. The van der Waals surface area contributed by atoms with Gasteiger partial charge in [-0.05, 0) is 24.1 Å². The van der Waals surface area contributed by atoms with Crippen LogP contribution in [0.2, 0.25) is 0 Å². The lowest BCUT2D eigenvalue weighted by atomic mass is 10.0. The molecule has 1 fully saturated rings. The molecule has 1 aliphatic heterocycles. The number of unbranched alkanes of at least 4 members (excludes halogenated alkanes) is 15. The molecular weight excluding hydrogens is 502 g/mol.